The highest BCUT2D eigenvalue weighted by Crippen LogP contribution is 2.33. The molecule has 2 aliphatic rings. The Morgan fingerprint density at radius 1 is 1.33 bits per heavy atom. The zero-order chi connectivity index (χ0) is 12.5. The third-order valence-electron chi connectivity index (χ3n) is 4.37. The Morgan fingerprint density at radius 2 is 2.17 bits per heavy atom. The Morgan fingerprint density at radius 3 is 2.89 bits per heavy atom. The zero-order valence-corrected chi connectivity index (χ0v) is 12.4. The van der Waals surface area contributed by atoms with Gasteiger partial charge in [0, 0.05) is 11.4 Å². The standard InChI is InChI=1S/C15H24N2S/c1-10(2)12-5-6-13-14(7-12)18-15(17-13)9-16-8-11-3-4-11/h10-12,16H,3-9H2,1-2H3. The molecule has 1 fully saturated rings. The highest BCUT2D eigenvalue weighted by atomic mass is 32.1. The summed E-state index contributed by atoms with van der Waals surface area (Å²) in [4.78, 5) is 6.39. The summed E-state index contributed by atoms with van der Waals surface area (Å²) in [7, 11) is 0. The molecule has 0 saturated heterocycles. The number of nitrogens with zero attached hydrogens (tertiary/aromatic N) is 1. The van der Waals surface area contributed by atoms with E-state index in [-0.39, 0.29) is 0 Å². The van der Waals surface area contributed by atoms with Crippen LogP contribution in [0.25, 0.3) is 0 Å². The Hall–Kier alpha value is -0.410. The lowest BCUT2D eigenvalue weighted by molar-refractivity contribution is 0.344. The summed E-state index contributed by atoms with van der Waals surface area (Å²) < 4.78 is 0. The van der Waals surface area contributed by atoms with Gasteiger partial charge in [-0.25, -0.2) is 4.98 Å². The van der Waals surface area contributed by atoms with Crippen molar-refractivity contribution in [1.82, 2.24) is 10.3 Å². The number of thiazole rings is 1. The van der Waals surface area contributed by atoms with Crippen molar-refractivity contribution in [3.05, 3.63) is 15.6 Å². The molecule has 0 spiro atoms. The van der Waals surface area contributed by atoms with Crippen molar-refractivity contribution >= 4 is 11.3 Å². The molecule has 1 aromatic heterocycles. The summed E-state index contributed by atoms with van der Waals surface area (Å²) in [6, 6.07) is 0. The first kappa shape index (κ1) is 12.6. The quantitative estimate of drug-likeness (QED) is 0.881. The summed E-state index contributed by atoms with van der Waals surface area (Å²) in [5, 5.41) is 4.86. The Kier molecular flexibility index (Phi) is 3.71. The maximum absolute atomic E-state index is 4.82. The van der Waals surface area contributed by atoms with E-state index < -0.39 is 0 Å². The van der Waals surface area contributed by atoms with Gasteiger partial charge in [0.15, 0.2) is 0 Å². The lowest BCUT2D eigenvalue weighted by atomic mass is 9.83. The van der Waals surface area contributed by atoms with Crippen LogP contribution in [0.4, 0.5) is 0 Å². The molecule has 1 aromatic rings. The smallest absolute Gasteiger partial charge is 0.107 e. The molecule has 3 rings (SSSR count). The summed E-state index contributed by atoms with van der Waals surface area (Å²) in [5.74, 6) is 2.66. The Bertz CT molecular complexity index is 407. The molecule has 2 nitrogen and oxygen atoms in total. The van der Waals surface area contributed by atoms with Crippen LogP contribution in [-0.2, 0) is 19.4 Å². The molecule has 1 atom stereocenters. The summed E-state index contributed by atoms with van der Waals surface area (Å²) >= 11 is 1.95. The Balaban J connectivity index is 1.57. The van der Waals surface area contributed by atoms with Crippen molar-refractivity contribution < 1.29 is 0 Å². The molecule has 0 aromatic carbocycles. The van der Waals surface area contributed by atoms with Crippen molar-refractivity contribution in [3.63, 3.8) is 0 Å². The van der Waals surface area contributed by atoms with Gasteiger partial charge in [0.05, 0.1) is 5.69 Å². The first-order valence-corrected chi connectivity index (χ1v) is 8.22. The van der Waals surface area contributed by atoms with Crippen molar-refractivity contribution in [2.24, 2.45) is 17.8 Å². The fraction of sp³-hybridized carbons (Fsp3) is 0.800. The average Bonchev–Trinajstić information content (AvgIpc) is 3.07. The first-order chi connectivity index (χ1) is 8.72. The fourth-order valence-corrected chi connectivity index (χ4v) is 3.98. The third-order valence-corrected chi connectivity index (χ3v) is 5.49. The normalized spacial score (nSPS) is 23.4. The van der Waals surface area contributed by atoms with E-state index in [1.54, 1.807) is 4.88 Å². The first-order valence-electron chi connectivity index (χ1n) is 7.40. The SMILES string of the molecule is CC(C)C1CCc2nc(CNCC3CC3)sc2C1. The maximum Gasteiger partial charge on any atom is 0.107 e. The monoisotopic (exact) mass is 264 g/mol. The summed E-state index contributed by atoms with van der Waals surface area (Å²) in [5.41, 5.74) is 1.40. The minimum absolute atomic E-state index is 0.816. The second kappa shape index (κ2) is 5.30. The molecule has 1 N–H and O–H groups in total. The van der Waals surface area contributed by atoms with Crippen LogP contribution in [0.5, 0.6) is 0 Å². The van der Waals surface area contributed by atoms with E-state index in [4.69, 9.17) is 4.98 Å². The number of aryl methyl sites for hydroxylation is 1. The van der Waals surface area contributed by atoms with Crippen LogP contribution in [0.1, 0.15) is 48.7 Å². The topological polar surface area (TPSA) is 24.9 Å². The molecule has 0 bridgehead atoms. The highest BCUT2D eigenvalue weighted by Gasteiger charge is 2.25. The van der Waals surface area contributed by atoms with Crippen LogP contribution >= 0.6 is 11.3 Å². The van der Waals surface area contributed by atoms with Gasteiger partial charge in [-0.3, -0.25) is 0 Å². The molecular formula is C15H24N2S. The van der Waals surface area contributed by atoms with Crippen LogP contribution in [-0.4, -0.2) is 11.5 Å². The predicted octanol–water partition coefficient (Wildman–Crippen LogP) is 3.40. The largest absolute Gasteiger partial charge is 0.310 e. The van der Waals surface area contributed by atoms with Gasteiger partial charge < -0.3 is 5.32 Å². The number of hydrogen-bond donors (Lipinski definition) is 1. The van der Waals surface area contributed by atoms with Gasteiger partial charge in [0.1, 0.15) is 5.01 Å². The number of hydrogen-bond acceptors (Lipinski definition) is 3. The zero-order valence-electron chi connectivity index (χ0n) is 11.5. The van der Waals surface area contributed by atoms with Crippen molar-refractivity contribution in [1.29, 1.82) is 0 Å². The molecule has 1 heterocycles. The van der Waals surface area contributed by atoms with E-state index in [1.807, 2.05) is 11.3 Å². The van der Waals surface area contributed by atoms with Crippen LogP contribution < -0.4 is 5.32 Å². The van der Waals surface area contributed by atoms with Crippen molar-refractivity contribution in [2.45, 2.75) is 52.5 Å². The van der Waals surface area contributed by atoms with Gasteiger partial charge in [0.2, 0.25) is 0 Å². The van der Waals surface area contributed by atoms with Crippen LogP contribution in [0.2, 0.25) is 0 Å². The van der Waals surface area contributed by atoms with Gasteiger partial charge in [0.25, 0.3) is 0 Å². The van der Waals surface area contributed by atoms with E-state index in [1.165, 1.54) is 49.4 Å². The second-order valence-electron chi connectivity index (χ2n) is 6.30. The maximum atomic E-state index is 4.82. The van der Waals surface area contributed by atoms with Gasteiger partial charge in [-0.1, -0.05) is 13.8 Å². The van der Waals surface area contributed by atoms with E-state index in [9.17, 15) is 0 Å². The molecule has 1 unspecified atom stereocenters. The minimum atomic E-state index is 0.816. The van der Waals surface area contributed by atoms with E-state index >= 15 is 0 Å². The number of rotatable bonds is 5. The molecule has 18 heavy (non-hydrogen) atoms. The van der Waals surface area contributed by atoms with Gasteiger partial charge in [-0.15, -0.1) is 11.3 Å². The van der Waals surface area contributed by atoms with Crippen molar-refractivity contribution in [3.8, 4) is 0 Å². The van der Waals surface area contributed by atoms with Crippen molar-refractivity contribution in [2.75, 3.05) is 6.54 Å². The minimum Gasteiger partial charge on any atom is -0.310 e. The van der Waals surface area contributed by atoms with Crippen LogP contribution in [0, 0.1) is 17.8 Å². The number of aromatic nitrogens is 1. The molecule has 3 heteroatoms. The molecule has 2 aliphatic carbocycles. The molecular weight excluding hydrogens is 240 g/mol. The molecule has 1 saturated carbocycles. The van der Waals surface area contributed by atoms with Gasteiger partial charge in [-0.2, -0.15) is 0 Å². The predicted molar refractivity (Wildman–Crippen MR) is 76.9 cm³/mol. The Labute approximate surface area is 114 Å². The lowest BCUT2D eigenvalue weighted by Crippen LogP contribution is -2.18. The van der Waals surface area contributed by atoms with Crippen LogP contribution in [0.3, 0.4) is 0 Å². The van der Waals surface area contributed by atoms with E-state index in [0.29, 0.717) is 0 Å². The molecule has 0 amide bonds. The van der Waals surface area contributed by atoms with E-state index in [2.05, 4.69) is 19.2 Å². The molecule has 0 radical (unpaired) electrons. The number of nitrogens with one attached hydrogen (secondary N) is 1. The van der Waals surface area contributed by atoms with Gasteiger partial charge >= 0.3 is 0 Å². The fourth-order valence-electron chi connectivity index (χ4n) is 2.80. The molecule has 0 aliphatic heterocycles. The summed E-state index contributed by atoms with van der Waals surface area (Å²) in [6.07, 6.45) is 6.67. The number of fused-ring (bicyclic) bond motifs is 1. The summed E-state index contributed by atoms with van der Waals surface area (Å²) in [6.45, 7) is 6.89. The van der Waals surface area contributed by atoms with Crippen LogP contribution in [0.15, 0.2) is 0 Å². The highest BCUT2D eigenvalue weighted by molar-refractivity contribution is 7.11. The third kappa shape index (κ3) is 2.94. The average molecular weight is 264 g/mol. The van der Waals surface area contributed by atoms with E-state index in [0.717, 1.165) is 24.3 Å². The lowest BCUT2D eigenvalue weighted by Gasteiger charge is -2.24. The second-order valence-corrected chi connectivity index (χ2v) is 7.47. The van der Waals surface area contributed by atoms with Gasteiger partial charge in [-0.05, 0) is 56.4 Å². The molecule has 100 valence electrons.